The highest BCUT2D eigenvalue weighted by Crippen LogP contribution is 2.35. The minimum Gasteiger partial charge on any atom is -0.619 e. The van der Waals surface area contributed by atoms with E-state index in [9.17, 15) is 14.8 Å². The maximum atomic E-state index is 12.7. The fraction of sp³-hybridized carbons (Fsp3) is 0.190. The van der Waals surface area contributed by atoms with Crippen LogP contribution >= 0.6 is 34.5 Å². The van der Waals surface area contributed by atoms with Crippen molar-refractivity contribution in [3.05, 3.63) is 78.9 Å². The summed E-state index contributed by atoms with van der Waals surface area (Å²) in [4.78, 5) is 24.1. The third-order valence-electron chi connectivity index (χ3n) is 4.45. The lowest BCUT2D eigenvalue weighted by Crippen LogP contribution is -2.25. The molecule has 3 rings (SSSR count). The minimum atomic E-state index is -0.815. The van der Waals surface area contributed by atoms with Gasteiger partial charge in [0.25, 0.3) is 0 Å². The number of hydrogen-bond donors (Lipinski definition) is 0. The molecule has 0 aliphatic rings. The zero-order valence-corrected chi connectivity index (χ0v) is 18.8. The lowest BCUT2D eigenvalue weighted by Gasteiger charge is -2.20. The van der Waals surface area contributed by atoms with Crippen molar-refractivity contribution in [1.82, 2.24) is 0 Å². The van der Waals surface area contributed by atoms with E-state index < -0.39 is 12.1 Å². The van der Waals surface area contributed by atoms with Gasteiger partial charge in [-0.2, -0.15) is 4.73 Å². The van der Waals surface area contributed by atoms with Gasteiger partial charge in [-0.25, -0.2) is 4.79 Å². The maximum absolute atomic E-state index is 12.7. The molecule has 7 nitrogen and oxygen atoms in total. The summed E-state index contributed by atoms with van der Waals surface area (Å²) in [5.74, 6) is 0.335. The van der Waals surface area contributed by atoms with Crippen LogP contribution in [0.25, 0.3) is 0 Å². The number of ether oxygens (including phenoxy) is 3. The molecule has 0 unspecified atom stereocenters. The van der Waals surface area contributed by atoms with E-state index >= 15 is 0 Å². The lowest BCUT2D eigenvalue weighted by atomic mass is 10.0. The fourth-order valence-corrected chi connectivity index (χ4v) is 4.19. The Bertz CT molecular complexity index is 1090. The molecule has 10 heteroatoms. The van der Waals surface area contributed by atoms with Crippen LogP contribution in [0.5, 0.6) is 11.5 Å². The molecule has 0 aliphatic heterocycles. The highest BCUT2D eigenvalue weighted by Gasteiger charge is 2.24. The van der Waals surface area contributed by atoms with E-state index in [0.29, 0.717) is 38.5 Å². The van der Waals surface area contributed by atoms with Crippen molar-refractivity contribution in [2.75, 3.05) is 14.2 Å². The number of hydrogen-bond acceptors (Lipinski definition) is 7. The van der Waals surface area contributed by atoms with Gasteiger partial charge in [0.05, 0.1) is 24.7 Å². The molecule has 0 fully saturated rings. The molecule has 1 aromatic carbocycles. The Morgan fingerprint density at radius 1 is 1.16 bits per heavy atom. The van der Waals surface area contributed by atoms with Gasteiger partial charge in [0.1, 0.15) is 16.1 Å². The van der Waals surface area contributed by atoms with E-state index in [1.54, 1.807) is 23.6 Å². The molecule has 162 valence electrons. The van der Waals surface area contributed by atoms with Crippen molar-refractivity contribution < 1.29 is 28.5 Å². The molecular formula is C21H17Cl2NO6S. The molecule has 0 N–H and O–H groups in total. The molecule has 0 spiro atoms. The summed E-state index contributed by atoms with van der Waals surface area (Å²) in [5.41, 5.74) is 1.30. The molecule has 31 heavy (non-hydrogen) atoms. The first-order chi connectivity index (χ1) is 14.9. The van der Waals surface area contributed by atoms with Gasteiger partial charge in [0, 0.05) is 17.4 Å². The predicted octanol–water partition coefficient (Wildman–Crippen LogP) is 4.66. The Labute approximate surface area is 192 Å². The fourth-order valence-electron chi connectivity index (χ4n) is 2.91. The normalized spacial score (nSPS) is 11.6. The van der Waals surface area contributed by atoms with Crippen LogP contribution in [0.15, 0.2) is 42.0 Å². The number of pyridine rings is 1. The Morgan fingerprint density at radius 3 is 2.42 bits per heavy atom. The molecule has 0 saturated carbocycles. The Balaban J connectivity index is 1.99. The van der Waals surface area contributed by atoms with Crippen molar-refractivity contribution in [2.24, 2.45) is 0 Å². The summed E-state index contributed by atoms with van der Waals surface area (Å²) in [6.45, 7) is 0. The number of methoxy groups -OCH3 is 2. The maximum Gasteiger partial charge on any atom is 0.339 e. The molecule has 0 aliphatic carbocycles. The average Bonchev–Trinajstić information content (AvgIpc) is 3.24. The quantitative estimate of drug-likeness (QED) is 0.201. The van der Waals surface area contributed by atoms with Gasteiger partial charge < -0.3 is 19.4 Å². The summed E-state index contributed by atoms with van der Waals surface area (Å²) < 4.78 is 16.9. The number of rotatable bonds is 8. The number of nitrogens with zero attached hydrogens (tertiary/aromatic N) is 1. The lowest BCUT2D eigenvalue weighted by molar-refractivity contribution is -0.605. The van der Waals surface area contributed by atoms with Crippen LogP contribution in [0.2, 0.25) is 10.0 Å². The standard InChI is InChI=1S/C21H17Cl2NO6S/c1-28-18-4-3-12(6-20(18)29-2)19(7-15-16(22)8-24(27)9-17(15)23)30-21(26)13-5-14(10-25)31-11-13/h3-6,8-11,19H,7H2,1-2H3/t19-/m0/s1. The minimum absolute atomic E-state index is 0.102. The number of aromatic nitrogens is 1. The van der Waals surface area contributed by atoms with Crippen LogP contribution in [0.1, 0.15) is 37.3 Å². The van der Waals surface area contributed by atoms with Crippen molar-refractivity contribution in [3.63, 3.8) is 0 Å². The van der Waals surface area contributed by atoms with Gasteiger partial charge in [-0.3, -0.25) is 4.79 Å². The molecule has 0 radical (unpaired) electrons. The van der Waals surface area contributed by atoms with E-state index in [0.717, 1.165) is 11.3 Å². The van der Waals surface area contributed by atoms with E-state index in [1.807, 2.05) is 0 Å². The molecule has 0 amide bonds. The van der Waals surface area contributed by atoms with Crippen LogP contribution < -0.4 is 14.2 Å². The number of halogens is 2. The topological polar surface area (TPSA) is 88.8 Å². The second-order valence-electron chi connectivity index (χ2n) is 6.36. The summed E-state index contributed by atoms with van der Waals surface area (Å²) in [7, 11) is 3.00. The summed E-state index contributed by atoms with van der Waals surface area (Å²) in [6.07, 6.45) is 2.29. The van der Waals surface area contributed by atoms with Crippen molar-refractivity contribution >= 4 is 46.8 Å². The molecule has 0 saturated heterocycles. The molecular weight excluding hydrogens is 465 g/mol. The van der Waals surface area contributed by atoms with E-state index in [1.165, 1.54) is 32.7 Å². The summed E-state index contributed by atoms with van der Waals surface area (Å²) in [6, 6.07) is 6.54. The highest BCUT2D eigenvalue weighted by molar-refractivity contribution is 7.12. The number of thiophene rings is 1. The second kappa shape index (κ2) is 10.00. The third kappa shape index (κ3) is 5.28. The van der Waals surface area contributed by atoms with Crippen LogP contribution in [-0.4, -0.2) is 26.5 Å². The Morgan fingerprint density at radius 2 is 1.84 bits per heavy atom. The molecule has 2 aromatic heterocycles. The van der Waals surface area contributed by atoms with Crippen LogP contribution in [0.4, 0.5) is 0 Å². The first-order valence-corrected chi connectivity index (χ1v) is 10.5. The van der Waals surface area contributed by atoms with Crippen molar-refractivity contribution in [3.8, 4) is 11.5 Å². The third-order valence-corrected chi connectivity index (χ3v) is 5.96. The zero-order chi connectivity index (χ0) is 22.5. The van der Waals surface area contributed by atoms with Crippen molar-refractivity contribution in [2.45, 2.75) is 12.5 Å². The van der Waals surface area contributed by atoms with E-state index in [-0.39, 0.29) is 22.0 Å². The number of carbonyl (C=O) groups excluding carboxylic acids is 2. The molecule has 3 aromatic rings. The number of esters is 1. The van der Waals surface area contributed by atoms with E-state index in [4.69, 9.17) is 37.4 Å². The highest BCUT2D eigenvalue weighted by atomic mass is 35.5. The largest absolute Gasteiger partial charge is 0.619 e. The van der Waals surface area contributed by atoms with Gasteiger partial charge in [-0.1, -0.05) is 29.3 Å². The van der Waals surface area contributed by atoms with Gasteiger partial charge in [0.2, 0.25) is 0 Å². The second-order valence-corrected chi connectivity index (χ2v) is 8.12. The zero-order valence-electron chi connectivity index (χ0n) is 16.5. The van der Waals surface area contributed by atoms with E-state index in [2.05, 4.69) is 0 Å². The predicted molar refractivity (Wildman–Crippen MR) is 117 cm³/mol. The van der Waals surface area contributed by atoms with Crippen LogP contribution in [-0.2, 0) is 11.2 Å². The number of carbonyl (C=O) groups is 2. The van der Waals surface area contributed by atoms with Gasteiger partial charge in [-0.05, 0) is 23.8 Å². The average molecular weight is 482 g/mol. The number of aldehydes is 1. The Hall–Kier alpha value is -2.81. The molecule has 2 heterocycles. The summed E-state index contributed by atoms with van der Waals surface area (Å²) >= 11 is 13.6. The van der Waals surface area contributed by atoms with Crippen LogP contribution in [0.3, 0.4) is 0 Å². The number of benzene rings is 1. The smallest absolute Gasteiger partial charge is 0.339 e. The van der Waals surface area contributed by atoms with Gasteiger partial charge in [0.15, 0.2) is 30.2 Å². The van der Waals surface area contributed by atoms with Crippen LogP contribution in [0, 0.1) is 5.21 Å². The molecule has 0 bridgehead atoms. The molecule has 1 atom stereocenters. The Kier molecular flexibility index (Phi) is 7.37. The van der Waals surface area contributed by atoms with Crippen molar-refractivity contribution in [1.29, 1.82) is 0 Å². The summed E-state index contributed by atoms with van der Waals surface area (Å²) in [5, 5.41) is 13.4. The van der Waals surface area contributed by atoms with Gasteiger partial charge >= 0.3 is 5.97 Å². The monoisotopic (exact) mass is 481 g/mol. The SMILES string of the molecule is COc1ccc([C@H](Cc2c(Cl)c[n+]([O-])cc2Cl)OC(=O)c2csc(C=O)c2)cc1OC. The first-order valence-electron chi connectivity index (χ1n) is 8.89. The first kappa shape index (κ1) is 22.9. The van der Waals surface area contributed by atoms with Gasteiger partial charge in [-0.15, -0.1) is 11.3 Å².